The van der Waals surface area contributed by atoms with Crippen LogP contribution < -0.4 is 44.7 Å². The fraction of sp³-hybridized carbons (Fsp3) is 0.148. The number of hydrogen-bond donors (Lipinski definition) is 2. The van der Waals surface area contributed by atoms with E-state index in [0.717, 1.165) is 6.07 Å². The standard InChI is InChI=1S/C27H23Cl2N3O6S.Na/c1-3-17-20(28)11-12-23(39(35,36)37)24(17)31-32-25-18-8-6-5-7-15(18)13-19(26(25)33)27(34)30-16-9-10-21(29)22(14-16)38-4-2;/h5-14,33H,3-4H2,1-2H3,(H,30,34)(H,35,36,37);/q;+1/p-1. The maximum Gasteiger partial charge on any atom is 1.00 e. The Balaban J connectivity index is 0.00000441. The molecular weight excluding hydrogens is 588 g/mol. The zero-order valence-corrected chi connectivity index (χ0v) is 26.1. The molecule has 13 heteroatoms. The smallest absolute Gasteiger partial charge is 0.870 e. The molecule has 4 rings (SSSR count). The zero-order chi connectivity index (χ0) is 28.3. The van der Waals surface area contributed by atoms with Gasteiger partial charge in [-0.2, -0.15) is 13.5 Å². The van der Waals surface area contributed by atoms with Gasteiger partial charge in [-0.1, -0.05) is 60.1 Å². The Morgan fingerprint density at radius 2 is 1.68 bits per heavy atom. The van der Waals surface area contributed by atoms with Crippen LogP contribution in [0.15, 0.2) is 75.8 Å². The van der Waals surface area contributed by atoms with Crippen LogP contribution in [-0.4, -0.2) is 25.5 Å². The summed E-state index contributed by atoms with van der Waals surface area (Å²) < 4.78 is 39.2. The Labute approximate surface area is 263 Å². The van der Waals surface area contributed by atoms with Crippen molar-refractivity contribution in [3.63, 3.8) is 0 Å². The molecule has 4 aromatic carbocycles. The van der Waals surface area contributed by atoms with Crippen LogP contribution in [0, 0.1) is 0 Å². The van der Waals surface area contributed by atoms with Gasteiger partial charge in [-0.05, 0) is 54.6 Å². The predicted octanol–water partition coefficient (Wildman–Crippen LogP) is 4.10. The van der Waals surface area contributed by atoms with Crippen LogP contribution in [0.3, 0.4) is 0 Å². The number of carbonyl (C=O) groups is 1. The minimum absolute atomic E-state index is 0. The Hall–Kier alpha value is -2.70. The summed E-state index contributed by atoms with van der Waals surface area (Å²) in [6, 6.07) is 15.3. The van der Waals surface area contributed by atoms with E-state index in [-0.39, 0.29) is 57.9 Å². The number of rotatable bonds is 8. The van der Waals surface area contributed by atoms with E-state index in [4.69, 9.17) is 27.9 Å². The summed E-state index contributed by atoms with van der Waals surface area (Å²) >= 11 is 12.4. The fourth-order valence-electron chi connectivity index (χ4n) is 3.97. The van der Waals surface area contributed by atoms with Gasteiger partial charge in [0.15, 0.2) is 0 Å². The van der Waals surface area contributed by atoms with Crippen LogP contribution in [0.1, 0.15) is 29.8 Å². The number of anilines is 1. The van der Waals surface area contributed by atoms with Crippen LogP contribution in [-0.2, 0) is 16.5 Å². The summed E-state index contributed by atoms with van der Waals surface area (Å²) in [4.78, 5) is 12.7. The third-order valence-corrected chi connectivity index (χ3v) is 7.33. The maximum atomic E-state index is 13.5. The van der Waals surface area contributed by atoms with Gasteiger partial charge in [0, 0.05) is 27.7 Å². The van der Waals surface area contributed by atoms with Crippen molar-refractivity contribution in [3.05, 3.63) is 81.8 Å². The minimum Gasteiger partial charge on any atom is -0.870 e. The van der Waals surface area contributed by atoms with Gasteiger partial charge >= 0.3 is 29.6 Å². The summed E-state index contributed by atoms with van der Waals surface area (Å²) in [7, 11) is -4.68. The second-order valence-electron chi connectivity index (χ2n) is 8.26. The molecule has 0 aliphatic carbocycles. The van der Waals surface area contributed by atoms with Crippen LogP contribution in [0.5, 0.6) is 11.5 Å². The van der Waals surface area contributed by atoms with Gasteiger partial charge < -0.3 is 15.2 Å². The maximum absolute atomic E-state index is 13.5. The number of fused-ring (bicyclic) bond motifs is 1. The van der Waals surface area contributed by atoms with Gasteiger partial charge in [-0.3, -0.25) is 9.35 Å². The molecule has 0 atom stereocenters. The first-order valence-electron chi connectivity index (χ1n) is 11.7. The van der Waals surface area contributed by atoms with Crippen molar-refractivity contribution in [1.29, 1.82) is 0 Å². The molecule has 0 aliphatic rings. The molecule has 0 aliphatic heterocycles. The topological polar surface area (TPSA) is 140 Å². The van der Waals surface area contributed by atoms with Crippen molar-refractivity contribution in [2.24, 2.45) is 10.2 Å². The number of benzene rings is 4. The number of ether oxygens (including phenoxy) is 1. The van der Waals surface area contributed by atoms with Crippen LogP contribution in [0.4, 0.5) is 17.1 Å². The largest absolute Gasteiger partial charge is 1.00 e. The van der Waals surface area contributed by atoms with Gasteiger partial charge in [-0.15, -0.1) is 5.11 Å². The molecule has 0 saturated carbocycles. The number of carbonyl (C=O) groups excluding carboxylic acids is 1. The number of nitrogens with zero attached hydrogens (tertiary/aromatic N) is 2. The first-order valence-corrected chi connectivity index (χ1v) is 13.9. The SMILES string of the molecule is CCOc1cc(NC(=O)c2cc3ccccc3c(N=Nc3c(S(=O)(=O)O)ccc(Cl)c3CC)c2[O-])ccc1Cl.[Na+]. The van der Waals surface area contributed by atoms with E-state index in [1.807, 2.05) is 0 Å². The first-order chi connectivity index (χ1) is 18.5. The van der Waals surface area contributed by atoms with Crippen molar-refractivity contribution < 1.29 is 57.2 Å². The molecule has 9 nitrogen and oxygen atoms in total. The van der Waals surface area contributed by atoms with E-state index in [1.165, 1.54) is 18.2 Å². The van der Waals surface area contributed by atoms with Gasteiger partial charge in [0.05, 0.1) is 17.3 Å². The van der Waals surface area contributed by atoms with Crippen molar-refractivity contribution in [3.8, 4) is 11.5 Å². The molecule has 4 aromatic rings. The van der Waals surface area contributed by atoms with Gasteiger partial charge in [0.1, 0.15) is 16.3 Å². The Morgan fingerprint density at radius 1 is 1.00 bits per heavy atom. The normalized spacial score (nSPS) is 11.4. The minimum atomic E-state index is -4.68. The van der Waals surface area contributed by atoms with Gasteiger partial charge in [0.25, 0.3) is 16.0 Å². The van der Waals surface area contributed by atoms with E-state index in [9.17, 15) is 22.9 Å². The second-order valence-corrected chi connectivity index (χ2v) is 10.5. The van der Waals surface area contributed by atoms with Gasteiger partial charge in [-0.25, -0.2) is 0 Å². The van der Waals surface area contributed by atoms with Crippen molar-refractivity contribution >= 4 is 67.1 Å². The molecule has 0 heterocycles. The molecule has 0 aromatic heterocycles. The third kappa shape index (κ3) is 6.77. The Kier molecular flexibility index (Phi) is 10.6. The molecule has 2 N–H and O–H groups in total. The summed E-state index contributed by atoms with van der Waals surface area (Å²) in [6.45, 7) is 3.88. The zero-order valence-electron chi connectivity index (χ0n) is 21.7. The second kappa shape index (κ2) is 13.3. The van der Waals surface area contributed by atoms with Gasteiger partial charge in [0.2, 0.25) is 0 Å². The first kappa shape index (κ1) is 31.8. The molecule has 0 spiro atoms. The number of halogens is 2. The van der Waals surface area contributed by atoms with E-state index in [0.29, 0.717) is 39.4 Å². The molecule has 0 bridgehead atoms. The summed E-state index contributed by atoms with van der Waals surface area (Å²) in [5.74, 6) is -1.07. The summed E-state index contributed by atoms with van der Waals surface area (Å²) in [6.07, 6.45) is 0.273. The number of nitrogens with one attached hydrogen (secondary N) is 1. The van der Waals surface area contributed by atoms with Crippen LogP contribution in [0.2, 0.25) is 10.0 Å². The molecule has 40 heavy (non-hydrogen) atoms. The quantitative estimate of drug-likeness (QED) is 0.175. The molecule has 0 saturated heterocycles. The van der Waals surface area contributed by atoms with Crippen molar-refractivity contribution in [2.45, 2.75) is 25.2 Å². The van der Waals surface area contributed by atoms with E-state index >= 15 is 0 Å². The van der Waals surface area contributed by atoms with Crippen LogP contribution in [0.25, 0.3) is 10.8 Å². The van der Waals surface area contributed by atoms with E-state index < -0.39 is 26.7 Å². The Bertz CT molecular complexity index is 1730. The Morgan fingerprint density at radius 3 is 2.35 bits per heavy atom. The molecule has 202 valence electrons. The predicted molar refractivity (Wildman–Crippen MR) is 149 cm³/mol. The molecule has 0 radical (unpaired) electrons. The number of hydrogen-bond acceptors (Lipinski definition) is 7. The average Bonchev–Trinajstić information content (AvgIpc) is 2.89. The number of azo groups is 1. The van der Waals surface area contributed by atoms with Crippen LogP contribution >= 0.6 is 23.2 Å². The average molecular weight is 610 g/mol. The molecule has 1 amide bonds. The molecule has 0 fully saturated rings. The van der Waals surface area contributed by atoms with E-state index in [2.05, 4.69) is 15.5 Å². The fourth-order valence-corrected chi connectivity index (χ4v) is 5.07. The van der Waals surface area contributed by atoms with E-state index in [1.54, 1.807) is 50.2 Å². The number of amides is 1. The monoisotopic (exact) mass is 609 g/mol. The summed E-state index contributed by atoms with van der Waals surface area (Å²) in [5.41, 5.74) is 0.0671. The molecule has 0 unspecified atom stereocenters. The third-order valence-electron chi connectivity index (χ3n) is 5.78. The molecular formula is C27H22Cl2N3NaO6S. The summed E-state index contributed by atoms with van der Waals surface area (Å²) in [5, 5.41) is 25.8. The van der Waals surface area contributed by atoms with Crippen molar-refractivity contribution in [2.75, 3.05) is 11.9 Å². The van der Waals surface area contributed by atoms with Crippen molar-refractivity contribution in [1.82, 2.24) is 0 Å².